The van der Waals surface area contributed by atoms with Crippen LogP contribution in [-0.2, 0) is 0 Å². The van der Waals surface area contributed by atoms with Crippen LogP contribution in [0.2, 0.25) is 0 Å². The van der Waals surface area contributed by atoms with Crippen LogP contribution in [-0.4, -0.2) is 36.6 Å². The van der Waals surface area contributed by atoms with Crippen LogP contribution in [0.3, 0.4) is 0 Å². The van der Waals surface area contributed by atoms with Crippen molar-refractivity contribution in [3.05, 3.63) is 0 Å². The van der Waals surface area contributed by atoms with Gasteiger partial charge in [0.2, 0.25) is 0 Å². The normalized spacial score (nSPS) is 34.8. The Bertz CT molecular complexity index is 298. The Kier molecular flexibility index (Phi) is 5.53. The van der Waals surface area contributed by atoms with Crippen molar-refractivity contribution in [2.24, 2.45) is 17.3 Å². The van der Waals surface area contributed by atoms with Crippen LogP contribution in [0.5, 0.6) is 0 Å². The molecule has 0 radical (unpaired) electrons. The molecule has 20 heavy (non-hydrogen) atoms. The molecule has 0 aromatic rings. The van der Waals surface area contributed by atoms with Crippen LogP contribution in [0.25, 0.3) is 0 Å². The fourth-order valence-corrected chi connectivity index (χ4v) is 4.77. The first-order valence-electron chi connectivity index (χ1n) is 8.93. The van der Waals surface area contributed by atoms with Crippen LogP contribution in [0, 0.1) is 17.3 Å². The first kappa shape index (κ1) is 16.3. The number of likely N-dealkylation sites (tertiary alicyclic amines) is 1. The van der Waals surface area contributed by atoms with E-state index < -0.39 is 0 Å². The molecule has 118 valence electrons. The summed E-state index contributed by atoms with van der Waals surface area (Å²) in [5.41, 5.74) is 0.464. The molecule has 0 aromatic heterocycles. The zero-order chi connectivity index (χ0) is 14.8. The standard InChI is InChI=1S/C18H36N2/c1-6-19-17-15(9-7-11-18(17,4)5)13-20-12-8-10-16(20)14(2)3/h14-17,19H,6-13H2,1-5H3. The molecular formula is C18H36N2. The molecule has 0 spiro atoms. The maximum absolute atomic E-state index is 3.82. The summed E-state index contributed by atoms with van der Waals surface area (Å²) in [6.07, 6.45) is 7.04. The van der Waals surface area contributed by atoms with Gasteiger partial charge in [-0.2, -0.15) is 0 Å². The molecule has 1 N–H and O–H groups in total. The molecule has 2 rings (SSSR count). The van der Waals surface area contributed by atoms with Gasteiger partial charge in [0, 0.05) is 18.6 Å². The Labute approximate surface area is 126 Å². The molecule has 2 fully saturated rings. The second-order valence-electron chi connectivity index (χ2n) is 8.12. The molecule has 2 aliphatic rings. The largest absolute Gasteiger partial charge is 0.313 e. The summed E-state index contributed by atoms with van der Waals surface area (Å²) in [6, 6.07) is 1.54. The third-order valence-corrected chi connectivity index (χ3v) is 5.79. The maximum Gasteiger partial charge on any atom is 0.0159 e. The van der Waals surface area contributed by atoms with E-state index in [1.807, 2.05) is 0 Å². The van der Waals surface area contributed by atoms with Crippen molar-refractivity contribution in [1.82, 2.24) is 10.2 Å². The summed E-state index contributed by atoms with van der Waals surface area (Å²) >= 11 is 0. The van der Waals surface area contributed by atoms with Gasteiger partial charge in [-0.15, -0.1) is 0 Å². The van der Waals surface area contributed by atoms with E-state index in [4.69, 9.17) is 0 Å². The molecule has 1 heterocycles. The van der Waals surface area contributed by atoms with Crippen molar-refractivity contribution in [3.8, 4) is 0 Å². The highest BCUT2D eigenvalue weighted by Gasteiger charge is 2.40. The van der Waals surface area contributed by atoms with Crippen molar-refractivity contribution in [2.75, 3.05) is 19.6 Å². The van der Waals surface area contributed by atoms with E-state index in [2.05, 4.69) is 44.8 Å². The predicted octanol–water partition coefficient (Wildman–Crippen LogP) is 3.91. The van der Waals surface area contributed by atoms with E-state index in [0.717, 1.165) is 24.4 Å². The second kappa shape index (κ2) is 6.79. The summed E-state index contributed by atoms with van der Waals surface area (Å²) in [7, 11) is 0. The SMILES string of the molecule is CCNC1C(CN2CCCC2C(C)C)CCCC1(C)C. The quantitative estimate of drug-likeness (QED) is 0.821. The number of hydrogen-bond donors (Lipinski definition) is 1. The monoisotopic (exact) mass is 280 g/mol. The molecule has 1 saturated carbocycles. The first-order chi connectivity index (χ1) is 9.45. The van der Waals surface area contributed by atoms with Gasteiger partial charge in [0.05, 0.1) is 0 Å². The Hall–Kier alpha value is -0.0800. The lowest BCUT2D eigenvalue weighted by molar-refractivity contribution is 0.0696. The number of nitrogens with zero attached hydrogens (tertiary/aromatic N) is 1. The van der Waals surface area contributed by atoms with Crippen LogP contribution in [0.1, 0.15) is 66.7 Å². The van der Waals surface area contributed by atoms with E-state index in [-0.39, 0.29) is 0 Å². The summed E-state index contributed by atoms with van der Waals surface area (Å²) in [5.74, 6) is 1.66. The molecular weight excluding hydrogens is 244 g/mol. The van der Waals surface area contributed by atoms with E-state index in [9.17, 15) is 0 Å². The van der Waals surface area contributed by atoms with Crippen LogP contribution < -0.4 is 5.32 Å². The molecule has 2 heteroatoms. The van der Waals surface area contributed by atoms with Crippen molar-refractivity contribution in [1.29, 1.82) is 0 Å². The minimum absolute atomic E-state index is 0.464. The average molecular weight is 280 g/mol. The van der Waals surface area contributed by atoms with E-state index >= 15 is 0 Å². The molecule has 0 amide bonds. The zero-order valence-electron chi connectivity index (χ0n) is 14.4. The van der Waals surface area contributed by atoms with Crippen molar-refractivity contribution in [3.63, 3.8) is 0 Å². The van der Waals surface area contributed by atoms with Crippen molar-refractivity contribution < 1.29 is 0 Å². The van der Waals surface area contributed by atoms with Gasteiger partial charge in [0.25, 0.3) is 0 Å². The van der Waals surface area contributed by atoms with Crippen molar-refractivity contribution >= 4 is 0 Å². The minimum atomic E-state index is 0.464. The van der Waals surface area contributed by atoms with E-state index in [1.54, 1.807) is 0 Å². The molecule has 3 unspecified atom stereocenters. The van der Waals surface area contributed by atoms with Crippen LogP contribution in [0.4, 0.5) is 0 Å². The lowest BCUT2D eigenvalue weighted by atomic mass is 9.67. The average Bonchev–Trinajstić information content (AvgIpc) is 2.81. The molecule has 1 aliphatic heterocycles. The lowest BCUT2D eigenvalue weighted by Gasteiger charge is -2.46. The minimum Gasteiger partial charge on any atom is -0.313 e. The van der Waals surface area contributed by atoms with Gasteiger partial charge in [-0.1, -0.05) is 41.0 Å². The smallest absolute Gasteiger partial charge is 0.0159 e. The zero-order valence-corrected chi connectivity index (χ0v) is 14.4. The molecule has 1 saturated heterocycles. The molecule has 3 atom stereocenters. The molecule has 2 nitrogen and oxygen atoms in total. The Morgan fingerprint density at radius 3 is 2.60 bits per heavy atom. The van der Waals surface area contributed by atoms with Gasteiger partial charge in [0.15, 0.2) is 0 Å². The Morgan fingerprint density at radius 1 is 1.20 bits per heavy atom. The Morgan fingerprint density at radius 2 is 1.95 bits per heavy atom. The lowest BCUT2D eigenvalue weighted by Crippen LogP contribution is -2.53. The number of nitrogens with one attached hydrogen (secondary N) is 1. The molecule has 0 bridgehead atoms. The first-order valence-corrected chi connectivity index (χ1v) is 8.93. The third-order valence-electron chi connectivity index (χ3n) is 5.79. The van der Waals surface area contributed by atoms with Crippen molar-refractivity contribution in [2.45, 2.75) is 78.8 Å². The van der Waals surface area contributed by atoms with Gasteiger partial charge in [0.1, 0.15) is 0 Å². The fourth-order valence-electron chi connectivity index (χ4n) is 4.77. The van der Waals surface area contributed by atoms with E-state index in [0.29, 0.717) is 11.5 Å². The van der Waals surface area contributed by atoms with Gasteiger partial charge in [-0.25, -0.2) is 0 Å². The highest BCUT2D eigenvalue weighted by molar-refractivity contribution is 4.95. The fraction of sp³-hybridized carbons (Fsp3) is 1.00. The van der Waals surface area contributed by atoms with Gasteiger partial charge < -0.3 is 5.32 Å². The highest BCUT2D eigenvalue weighted by Crippen LogP contribution is 2.40. The number of rotatable bonds is 5. The molecule has 1 aliphatic carbocycles. The summed E-state index contributed by atoms with van der Waals surface area (Å²) in [4.78, 5) is 2.81. The molecule has 0 aromatic carbocycles. The predicted molar refractivity (Wildman–Crippen MR) is 88.0 cm³/mol. The highest BCUT2D eigenvalue weighted by atomic mass is 15.2. The Balaban J connectivity index is 2.02. The van der Waals surface area contributed by atoms with Gasteiger partial charge >= 0.3 is 0 Å². The van der Waals surface area contributed by atoms with Gasteiger partial charge in [-0.3, -0.25) is 4.90 Å². The third kappa shape index (κ3) is 3.57. The van der Waals surface area contributed by atoms with Crippen LogP contribution >= 0.6 is 0 Å². The maximum atomic E-state index is 3.82. The van der Waals surface area contributed by atoms with Crippen LogP contribution in [0.15, 0.2) is 0 Å². The summed E-state index contributed by atoms with van der Waals surface area (Å²) in [5, 5.41) is 3.82. The van der Waals surface area contributed by atoms with E-state index in [1.165, 1.54) is 45.2 Å². The summed E-state index contributed by atoms with van der Waals surface area (Å²) in [6.45, 7) is 15.8. The summed E-state index contributed by atoms with van der Waals surface area (Å²) < 4.78 is 0. The topological polar surface area (TPSA) is 15.3 Å². The van der Waals surface area contributed by atoms with Gasteiger partial charge in [-0.05, 0) is 56.0 Å². The number of hydrogen-bond acceptors (Lipinski definition) is 2. The second-order valence-corrected chi connectivity index (χ2v) is 8.12.